The van der Waals surface area contributed by atoms with Crippen LogP contribution in [0.1, 0.15) is 63.9 Å². The van der Waals surface area contributed by atoms with Crippen LogP contribution in [0.4, 0.5) is 0 Å². The molecule has 1 N–H and O–H groups in total. The molecule has 1 aliphatic carbocycles. The number of fused-ring (bicyclic) bond motifs is 1. The molecule has 0 bridgehead atoms. The van der Waals surface area contributed by atoms with Gasteiger partial charge >= 0.3 is 0 Å². The quantitative estimate of drug-likeness (QED) is 0.782. The van der Waals surface area contributed by atoms with E-state index < -0.39 is 18.1 Å². The Bertz CT molecular complexity index is 775. The van der Waals surface area contributed by atoms with Crippen molar-refractivity contribution >= 4 is 17.7 Å². The molecule has 0 spiro atoms. The van der Waals surface area contributed by atoms with E-state index >= 15 is 0 Å². The summed E-state index contributed by atoms with van der Waals surface area (Å²) in [5, 5.41) is 3.19. The smallest absolute Gasteiger partial charge is 0.246 e. The van der Waals surface area contributed by atoms with E-state index in [1.807, 2.05) is 37.3 Å². The molecule has 4 rings (SSSR count). The molecule has 0 radical (unpaired) electrons. The van der Waals surface area contributed by atoms with Crippen LogP contribution in [0, 0.1) is 0 Å². The Hall–Kier alpha value is -2.37. The molecular weight excluding hydrogens is 378 g/mol. The number of nitrogens with one attached hydrogen (secondary N) is 1. The standard InChI is InChI=1S/C24H33N3O3/c1-2-19(22(28)25-18-12-7-4-8-13-18)27-21(16-17-10-5-3-6-11-17)23(29)26-15-9-14-20(26)24(27)30/h3,5-6,10-11,18-21H,2,4,7-9,12-16H2,1H3,(H,25,28)/t19?,20-,21-/m0/s1. The molecular formula is C24H33N3O3. The van der Waals surface area contributed by atoms with Crippen molar-refractivity contribution in [1.29, 1.82) is 0 Å². The average molecular weight is 412 g/mol. The normalized spacial score (nSPS) is 25.9. The van der Waals surface area contributed by atoms with Gasteiger partial charge in [-0.2, -0.15) is 0 Å². The maximum atomic E-state index is 13.5. The molecule has 1 aromatic carbocycles. The molecule has 0 aromatic heterocycles. The third kappa shape index (κ3) is 4.09. The highest BCUT2D eigenvalue weighted by Gasteiger charge is 2.50. The fourth-order valence-corrected chi connectivity index (χ4v) is 5.37. The van der Waals surface area contributed by atoms with Gasteiger partial charge in [-0.25, -0.2) is 0 Å². The van der Waals surface area contributed by atoms with Gasteiger partial charge in [0.1, 0.15) is 18.1 Å². The van der Waals surface area contributed by atoms with Gasteiger partial charge in [-0.05, 0) is 37.7 Å². The lowest BCUT2D eigenvalue weighted by Gasteiger charge is -2.45. The SMILES string of the molecule is CCC(C(=O)NC1CCCCC1)N1C(=O)[C@@H]2CCCN2C(=O)[C@@H]1Cc1ccccc1. The molecule has 1 unspecified atom stereocenters. The Morgan fingerprint density at radius 2 is 1.77 bits per heavy atom. The zero-order valence-corrected chi connectivity index (χ0v) is 17.9. The second-order valence-electron chi connectivity index (χ2n) is 8.91. The van der Waals surface area contributed by atoms with Gasteiger partial charge in [-0.1, -0.05) is 56.5 Å². The Labute approximate surface area is 179 Å². The molecule has 2 heterocycles. The zero-order chi connectivity index (χ0) is 21.1. The van der Waals surface area contributed by atoms with Gasteiger partial charge in [0.05, 0.1) is 0 Å². The minimum atomic E-state index is -0.615. The Morgan fingerprint density at radius 3 is 2.47 bits per heavy atom. The highest BCUT2D eigenvalue weighted by molar-refractivity contribution is 6.00. The van der Waals surface area contributed by atoms with Gasteiger partial charge in [-0.15, -0.1) is 0 Å². The molecule has 2 saturated heterocycles. The number of nitrogens with zero attached hydrogens (tertiary/aromatic N) is 2. The van der Waals surface area contributed by atoms with Crippen LogP contribution in [0.25, 0.3) is 0 Å². The molecule has 1 saturated carbocycles. The van der Waals surface area contributed by atoms with E-state index in [1.54, 1.807) is 9.80 Å². The minimum Gasteiger partial charge on any atom is -0.352 e. The number of benzene rings is 1. The van der Waals surface area contributed by atoms with E-state index in [-0.39, 0.29) is 23.8 Å². The Balaban J connectivity index is 1.60. The number of hydrogen-bond acceptors (Lipinski definition) is 3. The molecule has 3 amide bonds. The van der Waals surface area contributed by atoms with Crippen molar-refractivity contribution in [3.05, 3.63) is 35.9 Å². The lowest BCUT2D eigenvalue weighted by molar-refractivity contribution is -0.164. The van der Waals surface area contributed by atoms with Crippen molar-refractivity contribution in [1.82, 2.24) is 15.1 Å². The largest absolute Gasteiger partial charge is 0.352 e. The maximum absolute atomic E-state index is 13.5. The first-order chi connectivity index (χ1) is 14.6. The van der Waals surface area contributed by atoms with Gasteiger partial charge in [0.15, 0.2) is 0 Å². The van der Waals surface area contributed by atoms with Gasteiger partial charge in [0, 0.05) is 19.0 Å². The number of amides is 3. The third-order valence-electron chi connectivity index (χ3n) is 6.94. The van der Waals surface area contributed by atoms with Crippen molar-refractivity contribution < 1.29 is 14.4 Å². The summed E-state index contributed by atoms with van der Waals surface area (Å²) < 4.78 is 0. The monoisotopic (exact) mass is 411 g/mol. The van der Waals surface area contributed by atoms with E-state index in [2.05, 4.69) is 5.32 Å². The van der Waals surface area contributed by atoms with Crippen molar-refractivity contribution in [2.24, 2.45) is 0 Å². The van der Waals surface area contributed by atoms with E-state index in [9.17, 15) is 14.4 Å². The first kappa shape index (κ1) is 20.9. The van der Waals surface area contributed by atoms with E-state index in [1.165, 1.54) is 6.42 Å². The Kier molecular flexibility index (Phi) is 6.40. The molecule has 1 aromatic rings. The predicted octanol–water partition coefficient (Wildman–Crippen LogP) is 2.66. The van der Waals surface area contributed by atoms with Gasteiger partial charge in [-0.3, -0.25) is 14.4 Å². The predicted molar refractivity (Wildman–Crippen MR) is 115 cm³/mol. The molecule has 3 fully saturated rings. The van der Waals surface area contributed by atoms with Crippen LogP contribution in [-0.2, 0) is 20.8 Å². The van der Waals surface area contributed by atoms with Crippen LogP contribution in [0.2, 0.25) is 0 Å². The third-order valence-corrected chi connectivity index (χ3v) is 6.94. The number of piperazine rings is 1. The summed E-state index contributed by atoms with van der Waals surface area (Å²) >= 11 is 0. The Morgan fingerprint density at radius 1 is 1.03 bits per heavy atom. The molecule has 2 aliphatic heterocycles. The molecule has 3 atom stereocenters. The molecule has 162 valence electrons. The summed E-state index contributed by atoms with van der Waals surface area (Å²) in [7, 11) is 0. The van der Waals surface area contributed by atoms with E-state index in [4.69, 9.17) is 0 Å². The highest BCUT2D eigenvalue weighted by Crippen LogP contribution is 2.31. The topological polar surface area (TPSA) is 69.7 Å². The van der Waals surface area contributed by atoms with Crippen molar-refractivity contribution in [3.8, 4) is 0 Å². The van der Waals surface area contributed by atoms with E-state index in [0.29, 0.717) is 25.8 Å². The summed E-state index contributed by atoms with van der Waals surface area (Å²) in [5.74, 6) is -0.168. The zero-order valence-electron chi connectivity index (χ0n) is 17.9. The fraction of sp³-hybridized carbons (Fsp3) is 0.625. The highest BCUT2D eigenvalue weighted by atomic mass is 16.2. The number of hydrogen-bond donors (Lipinski definition) is 1. The van der Waals surface area contributed by atoms with Gasteiger partial charge < -0.3 is 15.1 Å². The first-order valence-corrected chi connectivity index (χ1v) is 11.6. The lowest BCUT2D eigenvalue weighted by atomic mass is 9.93. The molecule has 30 heavy (non-hydrogen) atoms. The van der Waals surface area contributed by atoms with Crippen LogP contribution in [0.15, 0.2) is 30.3 Å². The van der Waals surface area contributed by atoms with Gasteiger partial charge in [0.25, 0.3) is 0 Å². The maximum Gasteiger partial charge on any atom is 0.246 e. The number of rotatable bonds is 6. The summed E-state index contributed by atoms with van der Waals surface area (Å²) in [5.41, 5.74) is 1.01. The number of carbonyl (C=O) groups excluding carboxylic acids is 3. The summed E-state index contributed by atoms with van der Waals surface area (Å²) in [6, 6.07) is 8.37. The number of carbonyl (C=O) groups is 3. The summed E-state index contributed by atoms with van der Waals surface area (Å²) in [4.78, 5) is 43.5. The van der Waals surface area contributed by atoms with Crippen molar-refractivity contribution in [2.45, 2.75) is 88.9 Å². The van der Waals surface area contributed by atoms with Crippen LogP contribution in [0.3, 0.4) is 0 Å². The molecule has 3 aliphatic rings. The van der Waals surface area contributed by atoms with Crippen LogP contribution in [0.5, 0.6) is 0 Å². The summed E-state index contributed by atoms with van der Waals surface area (Å²) in [6.07, 6.45) is 7.99. The second kappa shape index (κ2) is 9.19. The minimum absolute atomic E-state index is 0.00938. The van der Waals surface area contributed by atoms with Crippen LogP contribution < -0.4 is 5.32 Å². The van der Waals surface area contributed by atoms with Gasteiger partial charge in [0.2, 0.25) is 17.7 Å². The summed E-state index contributed by atoms with van der Waals surface area (Å²) in [6.45, 7) is 2.57. The average Bonchev–Trinajstić information content (AvgIpc) is 3.26. The second-order valence-corrected chi connectivity index (χ2v) is 8.91. The molecule has 6 nitrogen and oxygen atoms in total. The van der Waals surface area contributed by atoms with Crippen LogP contribution in [-0.4, -0.2) is 58.2 Å². The van der Waals surface area contributed by atoms with Crippen molar-refractivity contribution in [2.75, 3.05) is 6.54 Å². The van der Waals surface area contributed by atoms with Crippen LogP contribution >= 0.6 is 0 Å². The molecule has 6 heteroatoms. The first-order valence-electron chi connectivity index (χ1n) is 11.6. The van der Waals surface area contributed by atoms with Crippen molar-refractivity contribution in [3.63, 3.8) is 0 Å². The fourth-order valence-electron chi connectivity index (χ4n) is 5.37. The van der Waals surface area contributed by atoms with E-state index in [0.717, 1.165) is 37.7 Å². The lowest BCUT2D eigenvalue weighted by Crippen LogP contribution is -2.68.